The fourth-order valence-corrected chi connectivity index (χ4v) is 0.953. The fourth-order valence-electron chi connectivity index (χ4n) is 0.953. The number of benzene rings is 1. The first-order valence-corrected chi connectivity index (χ1v) is 3.89. The summed E-state index contributed by atoms with van der Waals surface area (Å²) in [5, 5.41) is 0. The molecule has 0 spiro atoms. The smallest absolute Gasteiger partial charge is 0 e. The van der Waals surface area contributed by atoms with Crippen LogP contribution in [-0.2, 0) is 25.9 Å². The molecule has 0 aliphatic carbocycles. The van der Waals surface area contributed by atoms with Crippen molar-refractivity contribution in [1.82, 2.24) is 0 Å². The minimum atomic E-state index is 0. The quantitative estimate of drug-likeness (QED) is 0.518. The number of hydrogen-bond donors (Lipinski definition) is 0. The van der Waals surface area contributed by atoms with Crippen molar-refractivity contribution < 1.29 is 19.5 Å². The van der Waals surface area contributed by atoms with Gasteiger partial charge in [-0.1, -0.05) is 26.2 Å². The molecule has 0 saturated carbocycles. The number of unbranched alkanes of at least 4 members (excludes halogenated alkanes) is 1. The van der Waals surface area contributed by atoms with Crippen LogP contribution in [0.1, 0.15) is 25.3 Å². The van der Waals surface area contributed by atoms with Crippen molar-refractivity contribution in [3.05, 3.63) is 35.9 Å². The van der Waals surface area contributed by atoms with Crippen molar-refractivity contribution >= 4 is 0 Å². The van der Waals surface area contributed by atoms with Crippen LogP contribution in [0, 0.1) is 6.07 Å². The molecule has 0 aliphatic heterocycles. The van der Waals surface area contributed by atoms with Crippen molar-refractivity contribution in [3.8, 4) is 0 Å². The molecule has 0 atom stereocenters. The largest absolute Gasteiger partial charge is 0.180 e. The Morgan fingerprint density at radius 3 is 2.73 bits per heavy atom. The van der Waals surface area contributed by atoms with E-state index < -0.39 is 0 Å². The molecule has 0 aliphatic rings. The van der Waals surface area contributed by atoms with Crippen LogP contribution in [0.25, 0.3) is 0 Å². The molecule has 0 nitrogen and oxygen atoms in total. The van der Waals surface area contributed by atoms with Crippen LogP contribution >= 0.6 is 0 Å². The fraction of sp³-hybridized carbons (Fsp3) is 0.400. The molecule has 0 fully saturated rings. The molecular formula is C10H13Zn-. The molecule has 11 heavy (non-hydrogen) atoms. The summed E-state index contributed by atoms with van der Waals surface area (Å²) >= 11 is 0. The van der Waals surface area contributed by atoms with Gasteiger partial charge in [-0.25, -0.2) is 0 Å². The molecule has 0 amide bonds. The number of rotatable bonds is 3. The van der Waals surface area contributed by atoms with Crippen molar-refractivity contribution in [3.63, 3.8) is 0 Å². The Labute approximate surface area is 81.8 Å². The molecule has 0 heterocycles. The van der Waals surface area contributed by atoms with Gasteiger partial charge in [0.1, 0.15) is 0 Å². The summed E-state index contributed by atoms with van der Waals surface area (Å²) in [5.41, 5.74) is 1.34. The van der Waals surface area contributed by atoms with E-state index >= 15 is 0 Å². The number of hydrogen-bond acceptors (Lipinski definition) is 0. The van der Waals surface area contributed by atoms with Gasteiger partial charge in [-0.3, -0.25) is 0 Å². The molecule has 0 aromatic heterocycles. The molecule has 1 aromatic carbocycles. The Balaban J connectivity index is 0.000001000. The maximum atomic E-state index is 3.20. The van der Waals surface area contributed by atoms with Gasteiger partial charge in [0, 0.05) is 19.5 Å². The predicted octanol–water partition coefficient (Wildman–Crippen LogP) is 2.83. The van der Waals surface area contributed by atoms with E-state index in [1.165, 1.54) is 24.8 Å². The topological polar surface area (TPSA) is 0 Å². The summed E-state index contributed by atoms with van der Waals surface area (Å²) in [6.45, 7) is 2.21. The molecular weight excluding hydrogens is 185 g/mol. The Kier molecular flexibility index (Phi) is 6.45. The Morgan fingerprint density at radius 2 is 2.18 bits per heavy atom. The zero-order valence-electron chi connectivity index (χ0n) is 7.14. The summed E-state index contributed by atoms with van der Waals surface area (Å²) in [6.07, 6.45) is 3.72. The van der Waals surface area contributed by atoms with E-state index in [1.54, 1.807) is 0 Å². The van der Waals surface area contributed by atoms with Crippen molar-refractivity contribution in [1.29, 1.82) is 0 Å². The van der Waals surface area contributed by atoms with Gasteiger partial charge in [0.15, 0.2) is 0 Å². The minimum absolute atomic E-state index is 0. The second kappa shape index (κ2) is 6.55. The third-order valence-corrected chi connectivity index (χ3v) is 1.57. The monoisotopic (exact) mass is 197 g/mol. The van der Waals surface area contributed by atoms with E-state index in [0.29, 0.717) is 0 Å². The van der Waals surface area contributed by atoms with Crippen LogP contribution in [0.15, 0.2) is 24.3 Å². The van der Waals surface area contributed by atoms with Crippen LogP contribution < -0.4 is 0 Å². The van der Waals surface area contributed by atoms with E-state index in [0.717, 1.165) is 0 Å². The Bertz CT molecular complexity index is 169. The first kappa shape index (κ1) is 10.8. The van der Waals surface area contributed by atoms with Gasteiger partial charge in [-0.15, -0.1) is 0 Å². The van der Waals surface area contributed by atoms with E-state index in [1.807, 2.05) is 12.1 Å². The summed E-state index contributed by atoms with van der Waals surface area (Å²) in [6, 6.07) is 11.4. The van der Waals surface area contributed by atoms with Gasteiger partial charge in [0.2, 0.25) is 0 Å². The van der Waals surface area contributed by atoms with Crippen LogP contribution in [0.4, 0.5) is 0 Å². The van der Waals surface area contributed by atoms with E-state index in [4.69, 9.17) is 0 Å². The normalized spacial score (nSPS) is 8.82. The van der Waals surface area contributed by atoms with Crippen molar-refractivity contribution in [2.45, 2.75) is 26.2 Å². The number of aryl methyl sites for hydroxylation is 1. The molecule has 0 saturated heterocycles. The van der Waals surface area contributed by atoms with Gasteiger partial charge in [0.05, 0.1) is 0 Å². The molecule has 0 unspecified atom stereocenters. The maximum Gasteiger partial charge on any atom is 0 e. The van der Waals surface area contributed by atoms with Crippen molar-refractivity contribution in [2.24, 2.45) is 0 Å². The summed E-state index contributed by atoms with van der Waals surface area (Å²) < 4.78 is 0. The maximum absolute atomic E-state index is 3.20. The summed E-state index contributed by atoms with van der Waals surface area (Å²) in [4.78, 5) is 0. The van der Waals surface area contributed by atoms with Gasteiger partial charge < -0.3 is 0 Å². The zero-order chi connectivity index (χ0) is 7.23. The Hall–Kier alpha value is -0.157. The molecule has 56 valence electrons. The second-order valence-electron chi connectivity index (χ2n) is 2.49. The van der Waals surface area contributed by atoms with E-state index in [9.17, 15) is 0 Å². The first-order chi connectivity index (χ1) is 4.93. The molecule has 1 heteroatoms. The van der Waals surface area contributed by atoms with Crippen molar-refractivity contribution in [2.75, 3.05) is 0 Å². The third-order valence-electron chi connectivity index (χ3n) is 1.57. The Morgan fingerprint density at radius 1 is 1.36 bits per heavy atom. The average Bonchev–Trinajstić information content (AvgIpc) is 2.03. The van der Waals surface area contributed by atoms with Crippen LogP contribution in [0.5, 0.6) is 0 Å². The van der Waals surface area contributed by atoms with Gasteiger partial charge in [-0.2, -0.15) is 35.9 Å². The van der Waals surface area contributed by atoms with Gasteiger partial charge in [0.25, 0.3) is 0 Å². The summed E-state index contributed by atoms with van der Waals surface area (Å²) in [7, 11) is 0. The summed E-state index contributed by atoms with van der Waals surface area (Å²) in [5.74, 6) is 0. The molecule has 1 rings (SSSR count). The van der Waals surface area contributed by atoms with Gasteiger partial charge in [-0.05, 0) is 0 Å². The van der Waals surface area contributed by atoms with Gasteiger partial charge >= 0.3 is 0 Å². The van der Waals surface area contributed by atoms with E-state index in [2.05, 4.69) is 25.1 Å². The van der Waals surface area contributed by atoms with E-state index in [-0.39, 0.29) is 19.5 Å². The second-order valence-corrected chi connectivity index (χ2v) is 2.49. The first-order valence-electron chi connectivity index (χ1n) is 3.89. The van der Waals surface area contributed by atoms with Crippen LogP contribution in [0.3, 0.4) is 0 Å². The van der Waals surface area contributed by atoms with Crippen LogP contribution in [0.2, 0.25) is 0 Å². The SMILES string of the molecule is CCCCc1[c-]cccc1.[Zn]. The minimum Gasteiger partial charge on any atom is -0.180 e. The zero-order valence-corrected chi connectivity index (χ0v) is 10.1. The standard InChI is InChI=1S/C10H13.Zn/c1-2-3-7-10-8-5-4-6-9-10;/h4-6,8H,2-3,7H2,1H3;/q-1;. The molecule has 0 radical (unpaired) electrons. The predicted molar refractivity (Wildman–Crippen MR) is 43.9 cm³/mol. The average molecular weight is 199 g/mol. The molecule has 1 aromatic rings. The molecule has 0 N–H and O–H groups in total. The van der Waals surface area contributed by atoms with Crippen LogP contribution in [-0.4, -0.2) is 0 Å². The third kappa shape index (κ3) is 4.32. The molecule has 0 bridgehead atoms.